The van der Waals surface area contributed by atoms with Crippen LogP contribution in [0, 0.1) is 0 Å². The zero-order valence-corrected chi connectivity index (χ0v) is 15.9. The molecule has 5 heteroatoms. The maximum Gasteiger partial charge on any atom is 0.255 e. The lowest BCUT2D eigenvalue weighted by molar-refractivity contribution is 0.0973. The van der Waals surface area contributed by atoms with Gasteiger partial charge in [-0.3, -0.25) is 4.79 Å². The van der Waals surface area contributed by atoms with Crippen LogP contribution in [0.1, 0.15) is 21.7 Å². The molecule has 4 nitrogen and oxygen atoms in total. The topological polar surface area (TPSA) is 57.8 Å². The van der Waals surface area contributed by atoms with Crippen molar-refractivity contribution in [1.82, 2.24) is 15.3 Å². The van der Waals surface area contributed by atoms with Gasteiger partial charge in [0.15, 0.2) is 5.82 Å². The van der Waals surface area contributed by atoms with Crippen LogP contribution in [0.5, 0.6) is 0 Å². The van der Waals surface area contributed by atoms with E-state index in [0.29, 0.717) is 17.1 Å². The first-order valence-corrected chi connectivity index (χ1v) is 9.27. The van der Waals surface area contributed by atoms with E-state index in [0.717, 1.165) is 21.1 Å². The van der Waals surface area contributed by atoms with E-state index in [9.17, 15) is 4.79 Å². The van der Waals surface area contributed by atoms with Gasteiger partial charge in [-0.1, -0.05) is 58.4 Å². The molecule has 0 aliphatic carbocycles. The van der Waals surface area contributed by atoms with Gasteiger partial charge in [-0.2, -0.15) is 0 Å². The second-order valence-corrected chi connectivity index (χ2v) is 6.95. The number of rotatable bonds is 4. The highest BCUT2D eigenvalue weighted by Crippen LogP contribution is 2.19. The molecular formula is C22H16BrN3O. The smallest absolute Gasteiger partial charge is 0.255 e. The molecule has 3 aromatic carbocycles. The van der Waals surface area contributed by atoms with Gasteiger partial charge >= 0.3 is 0 Å². The van der Waals surface area contributed by atoms with Crippen molar-refractivity contribution in [2.75, 3.05) is 0 Å². The number of H-pyrrole nitrogens is 1. The molecule has 1 amide bonds. The van der Waals surface area contributed by atoms with E-state index < -0.39 is 0 Å². The quantitative estimate of drug-likeness (QED) is 0.476. The minimum Gasteiger partial charge on any atom is -0.337 e. The van der Waals surface area contributed by atoms with E-state index in [-0.39, 0.29) is 5.91 Å². The number of nitrogens with one attached hydrogen (secondary N) is 2. The molecule has 0 bridgehead atoms. The van der Waals surface area contributed by atoms with Crippen LogP contribution in [-0.2, 0) is 0 Å². The molecule has 4 rings (SSSR count). The molecule has 0 spiro atoms. The number of carbonyl (C=O) groups is 1. The van der Waals surface area contributed by atoms with Crippen molar-refractivity contribution in [3.8, 4) is 0 Å². The van der Waals surface area contributed by atoms with Gasteiger partial charge < -0.3 is 10.3 Å². The average molecular weight is 418 g/mol. The van der Waals surface area contributed by atoms with Crippen LogP contribution in [0.15, 0.2) is 83.3 Å². The first-order valence-electron chi connectivity index (χ1n) is 8.48. The maximum atomic E-state index is 12.7. The van der Waals surface area contributed by atoms with Crippen LogP contribution in [0.3, 0.4) is 0 Å². The molecule has 0 fully saturated rings. The standard InChI is InChI=1S/C22H16BrN3O/c23-17-12-10-15(11-13-17)14-20(26-22(27)16-6-2-1-3-7-16)21-24-18-8-4-5-9-19(18)25-21/h1-14H,(H,24,25)(H,26,27)/b20-14+. The molecule has 0 aliphatic heterocycles. The van der Waals surface area contributed by atoms with E-state index >= 15 is 0 Å². The van der Waals surface area contributed by atoms with Crippen LogP contribution in [-0.4, -0.2) is 15.9 Å². The monoisotopic (exact) mass is 417 g/mol. The molecule has 27 heavy (non-hydrogen) atoms. The fraction of sp³-hybridized carbons (Fsp3) is 0. The average Bonchev–Trinajstić information content (AvgIpc) is 3.14. The highest BCUT2D eigenvalue weighted by Gasteiger charge is 2.13. The summed E-state index contributed by atoms with van der Waals surface area (Å²) in [6.07, 6.45) is 1.91. The summed E-state index contributed by atoms with van der Waals surface area (Å²) < 4.78 is 0.998. The van der Waals surface area contributed by atoms with Crippen molar-refractivity contribution >= 4 is 44.6 Å². The molecular weight excluding hydrogens is 402 g/mol. The number of aromatic amines is 1. The number of aromatic nitrogens is 2. The molecule has 1 aromatic heterocycles. The molecule has 0 radical (unpaired) electrons. The third-order valence-electron chi connectivity index (χ3n) is 4.11. The first kappa shape index (κ1) is 17.2. The number of hydrogen-bond donors (Lipinski definition) is 2. The number of fused-ring (bicyclic) bond motifs is 1. The molecule has 1 heterocycles. The number of benzene rings is 3. The Balaban J connectivity index is 1.74. The summed E-state index contributed by atoms with van der Waals surface area (Å²) in [5.74, 6) is 0.433. The Morgan fingerprint density at radius 3 is 2.37 bits per heavy atom. The van der Waals surface area contributed by atoms with Gasteiger partial charge in [0.05, 0.1) is 16.7 Å². The fourth-order valence-corrected chi connectivity index (χ4v) is 3.02. The predicted octanol–water partition coefficient (Wildman–Crippen LogP) is 5.25. The number of amides is 1. The van der Waals surface area contributed by atoms with Crippen molar-refractivity contribution < 1.29 is 4.79 Å². The van der Waals surface area contributed by atoms with Gasteiger partial charge in [0, 0.05) is 10.0 Å². The number of halogens is 1. The van der Waals surface area contributed by atoms with Crippen LogP contribution < -0.4 is 5.32 Å². The third-order valence-corrected chi connectivity index (χ3v) is 4.64. The Kier molecular flexibility index (Phi) is 4.85. The molecule has 0 aliphatic rings. The van der Waals surface area contributed by atoms with E-state index in [1.165, 1.54) is 0 Å². The summed E-state index contributed by atoms with van der Waals surface area (Å²) in [6.45, 7) is 0. The van der Waals surface area contributed by atoms with Gasteiger partial charge in [0.2, 0.25) is 0 Å². The van der Waals surface area contributed by atoms with Gasteiger partial charge in [-0.25, -0.2) is 4.98 Å². The first-order chi connectivity index (χ1) is 13.2. The minimum atomic E-state index is -0.181. The molecule has 0 saturated carbocycles. The van der Waals surface area contributed by atoms with Crippen LogP contribution in [0.4, 0.5) is 0 Å². The molecule has 4 aromatic rings. The lowest BCUT2D eigenvalue weighted by atomic mass is 10.1. The Labute approximate surface area is 165 Å². The number of carbonyl (C=O) groups excluding carboxylic acids is 1. The maximum absolute atomic E-state index is 12.7. The molecule has 0 atom stereocenters. The Morgan fingerprint density at radius 2 is 1.63 bits per heavy atom. The van der Waals surface area contributed by atoms with Gasteiger partial charge in [-0.15, -0.1) is 0 Å². The van der Waals surface area contributed by atoms with Crippen LogP contribution >= 0.6 is 15.9 Å². The normalized spacial score (nSPS) is 11.5. The van der Waals surface area contributed by atoms with Crippen LogP contribution in [0.2, 0.25) is 0 Å². The number of imidazole rings is 1. The molecule has 0 unspecified atom stereocenters. The van der Waals surface area contributed by atoms with E-state index in [1.54, 1.807) is 12.1 Å². The van der Waals surface area contributed by atoms with Crippen molar-refractivity contribution in [1.29, 1.82) is 0 Å². The summed E-state index contributed by atoms with van der Waals surface area (Å²) in [5.41, 5.74) is 3.94. The lowest BCUT2D eigenvalue weighted by Gasteiger charge is -2.08. The Bertz CT molecular complexity index is 1080. The zero-order valence-electron chi connectivity index (χ0n) is 14.3. The number of hydrogen-bond acceptors (Lipinski definition) is 2. The van der Waals surface area contributed by atoms with Crippen molar-refractivity contribution in [3.05, 3.63) is 100 Å². The number of nitrogens with zero attached hydrogens (tertiary/aromatic N) is 1. The Hall–Kier alpha value is -3.18. The number of para-hydroxylation sites is 2. The van der Waals surface area contributed by atoms with E-state index in [1.807, 2.05) is 72.8 Å². The SMILES string of the molecule is O=C(N/C(=C/c1ccc(Br)cc1)c1nc2ccccc2[nH]1)c1ccccc1. The highest BCUT2D eigenvalue weighted by atomic mass is 79.9. The summed E-state index contributed by atoms with van der Waals surface area (Å²) in [4.78, 5) is 20.6. The largest absolute Gasteiger partial charge is 0.337 e. The summed E-state index contributed by atoms with van der Waals surface area (Å²) in [7, 11) is 0. The van der Waals surface area contributed by atoms with Gasteiger partial charge in [0.1, 0.15) is 0 Å². The highest BCUT2D eigenvalue weighted by molar-refractivity contribution is 9.10. The molecule has 0 saturated heterocycles. The van der Waals surface area contributed by atoms with Crippen molar-refractivity contribution in [3.63, 3.8) is 0 Å². The van der Waals surface area contributed by atoms with Gasteiger partial charge in [-0.05, 0) is 48.0 Å². The summed E-state index contributed by atoms with van der Waals surface area (Å²) in [6, 6.07) is 24.8. The van der Waals surface area contributed by atoms with Crippen LogP contribution in [0.25, 0.3) is 22.8 Å². The second-order valence-electron chi connectivity index (χ2n) is 6.03. The summed E-state index contributed by atoms with van der Waals surface area (Å²) in [5, 5.41) is 2.99. The van der Waals surface area contributed by atoms with Gasteiger partial charge in [0.25, 0.3) is 5.91 Å². The fourth-order valence-electron chi connectivity index (χ4n) is 2.75. The van der Waals surface area contributed by atoms with Crippen molar-refractivity contribution in [2.24, 2.45) is 0 Å². The molecule has 132 valence electrons. The molecule has 2 N–H and O–H groups in total. The lowest BCUT2D eigenvalue weighted by Crippen LogP contribution is -2.22. The Morgan fingerprint density at radius 1 is 0.926 bits per heavy atom. The van der Waals surface area contributed by atoms with Crippen molar-refractivity contribution in [2.45, 2.75) is 0 Å². The zero-order chi connectivity index (χ0) is 18.6. The summed E-state index contributed by atoms with van der Waals surface area (Å²) >= 11 is 3.44. The van der Waals surface area contributed by atoms with E-state index in [2.05, 4.69) is 31.2 Å². The minimum absolute atomic E-state index is 0.181. The second kappa shape index (κ2) is 7.60. The van der Waals surface area contributed by atoms with E-state index in [4.69, 9.17) is 0 Å². The third kappa shape index (κ3) is 3.99. The predicted molar refractivity (Wildman–Crippen MR) is 112 cm³/mol.